The minimum absolute atomic E-state index is 0.0254. The number of fused-ring (bicyclic) bond motifs is 1. The molecular weight excluding hydrogens is 250 g/mol. The molecule has 4 nitrogen and oxygen atoms in total. The van der Waals surface area contributed by atoms with Crippen LogP contribution < -0.4 is 5.73 Å². The largest absolute Gasteiger partial charge is 0.398 e. The van der Waals surface area contributed by atoms with E-state index in [0.29, 0.717) is 18.8 Å². The van der Waals surface area contributed by atoms with Crippen molar-refractivity contribution in [1.82, 2.24) is 9.88 Å². The maximum absolute atomic E-state index is 12.5. The predicted molar refractivity (Wildman–Crippen MR) is 78.3 cm³/mol. The zero-order valence-electron chi connectivity index (χ0n) is 11.5. The fourth-order valence-electron chi connectivity index (χ4n) is 2.60. The summed E-state index contributed by atoms with van der Waals surface area (Å²) in [7, 11) is 0. The molecular formula is C16H17N3O. The van der Waals surface area contributed by atoms with Gasteiger partial charge in [-0.1, -0.05) is 18.2 Å². The van der Waals surface area contributed by atoms with Crippen LogP contribution in [0.15, 0.2) is 36.4 Å². The van der Waals surface area contributed by atoms with E-state index >= 15 is 0 Å². The lowest BCUT2D eigenvalue weighted by atomic mass is 9.98. The van der Waals surface area contributed by atoms with Crippen LogP contribution in [0.4, 0.5) is 5.69 Å². The fraction of sp³-hybridized carbons (Fsp3) is 0.250. The van der Waals surface area contributed by atoms with Crippen molar-refractivity contribution in [3.05, 3.63) is 58.9 Å². The third kappa shape index (κ3) is 2.25. The van der Waals surface area contributed by atoms with Crippen molar-refractivity contribution >= 4 is 11.6 Å². The minimum Gasteiger partial charge on any atom is -0.398 e. The van der Waals surface area contributed by atoms with Gasteiger partial charge in [-0.05, 0) is 42.7 Å². The summed E-state index contributed by atoms with van der Waals surface area (Å²) in [6.07, 6.45) is 0.845. The Morgan fingerprint density at radius 2 is 2.05 bits per heavy atom. The second-order valence-electron chi connectivity index (χ2n) is 5.13. The lowest BCUT2D eigenvalue weighted by Gasteiger charge is -2.29. The Morgan fingerprint density at radius 3 is 2.85 bits per heavy atom. The molecule has 2 N–H and O–H groups in total. The van der Waals surface area contributed by atoms with Gasteiger partial charge in [-0.25, -0.2) is 4.98 Å². The van der Waals surface area contributed by atoms with Gasteiger partial charge in [-0.2, -0.15) is 0 Å². The van der Waals surface area contributed by atoms with Gasteiger partial charge in [0.1, 0.15) is 5.69 Å². The number of pyridine rings is 1. The van der Waals surface area contributed by atoms with Crippen molar-refractivity contribution in [2.45, 2.75) is 19.9 Å². The number of amides is 1. The van der Waals surface area contributed by atoms with Gasteiger partial charge in [-0.15, -0.1) is 0 Å². The summed E-state index contributed by atoms with van der Waals surface area (Å²) in [4.78, 5) is 18.6. The van der Waals surface area contributed by atoms with Gasteiger partial charge in [0.15, 0.2) is 0 Å². The first kappa shape index (κ1) is 12.7. The van der Waals surface area contributed by atoms with Crippen molar-refractivity contribution in [2.75, 3.05) is 12.3 Å². The molecule has 0 saturated carbocycles. The lowest BCUT2D eigenvalue weighted by molar-refractivity contribution is 0.0729. The quantitative estimate of drug-likeness (QED) is 0.806. The van der Waals surface area contributed by atoms with Crippen molar-refractivity contribution in [3.63, 3.8) is 0 Å². The van der Waals surface area contributed by atoms with E-state index in [2.05, 4.69) is 11.1 Å². The molecule has 2 heterocycles. The average Bonchev–Trinajstić information content (AvgIpc) is 2.47. The van der Waals surface area contributed by atoms with E-state index in [1.165, 1.54) is 5.56 Å². The highest BCUT2D eigenvalue weighted by Gasteiger charge is 2.23. The molecule has 4 heteroatoms. The fourth-order valence-corrected chi connectivity index (χ4v) is 2.60. The molecule has 20 heavy (non-hydrogen) atoms. The van der Waals surface area contributed by atoms with E-state index in [4.69, 9.17) is 5.73 Å². The molecule has 1 amide bonds. The molecule has 3 rings (SSSR count). The van der Waals surface area contributed by atoms with Crippen LogP contribution in [0.3, 0.4) is 0 Å². The van der Waals surface area contributed by atoms with Gasteiger partial charge in [-0.3, -0.25) is 4.79 Å². The number of benzene rings is 1. The molecule has 1 aliphatic heterocycles. The van der Waals surface area contributed by atoms with E-state index in [-0.39, 0.29) is 5.91 Å². The number of nitrogen functional groups attached to an aromatic ring is 1. The number of nitrogens with zero attached hydrogens (tertiary/aromatic N) is 2. The first-order chi connectivity index (χ1) is 9.65. The van der Waals surface area contributed by atoms with Crippen LogP contribution in [0.5, 0.6) is 0 Å². The highest BCUT2D eigenvalue weighted by atomic mass is 16.2. The van der Waals surface area contributed by atoms with Crippen LogP contribution in [0.2, 0.25) is 0 Å². The number of carbonyl (C=O) groups excluding carboxylic acids is 1. The number of nitrogens with two attached hydrogens (primary N) is 1. The molecule has 0 aliphatic carbocycles. The number of rotatable bonds is 1. The number of hydrogen-bond acceptors (Lipinski definition) is 3. The first-order valence-corrected chi connectivity index (χ1v) is 6.74. The Morgan fingerprint density at radius 1 is 1.25 bits per heavy atom. The number of carbonyl (C=O) groups is 1. The van der Waals surface area contributed by atoms with Crippen LogP contribution in [-0.4, -0.2) is 22.3 Å². The van der Waals surface area contributed by atoms with E-state index < -0.39 is 0 Å². The van der Waals surface area contributed by atoms with Gasteiger partial charge >= 0.3 is 0 Å². The van der Waals surface area contributed by atoms with E-state index in [0.717, 1.165) is 23.4 Å². The smallest absolute Gasteiger partial charge is 0.272 e. The molecule has 0 saturated heterocycles. The summed E-state index contributed by atoms with van der Waals surface area (Å²) in [5, 5.41) is 0. The van der Waals surface area contributed by atoms with Crippen LogP contribution >= 0.6 is 0 Å². The summed E-state index contributed by atoms with van der Waals surface area (Å²) in [6.45, 7) is 3.17. The summed E-state index contributed by atoms with van der Waals surface area (Å²) in [6, 6.07) is 11.4. The zero-order chi connectivity index (χ0) is 14.1. The Hall–Kier alpha value is -2.36. The maximum Gasteiger partial charge on any atom is 0.272 e. The highest BCUT2D eigenvalue weighted by molar-refractivity contribution is 5.92. The second kappa shape index (κ2) is 4.96. The van der Waals surface area contributed by atoms with Gasteiger partial charge in [0.05, 0.1) is 0 Å². The Kier molecular flexibility index (Phi) is 3.14. The summed E-state index contributed by atoms with van der Waals surface area (Å²) in [5.74, 6) is -0.0254. The van der Waals surface area contributed by atoms with Crippen molar-refractivity contribution < 1.29 is 4.79 Å². The van der Waals surface area contributed by atoms with E-state index in [1.54, 1.807) is 6.07 Å². The first-order valence-electron chi connectivity index (χ1n) is 6.74. The molecule has 2 aromatic rings. The molecule has 1 aromatic carbocycles. The SMILES string of the molecule is Cc1cccc(C(=O)N2CCc3cccc(N)c3C2)n1. The van der Waals surface area contributed by atoms with Crippen molar-refractivity contribution in [1.29, 1.82) is 0 Å². The molecule has 0 atom stereocenters. The molecule has 102 valence electrons. The molecule has 0 unspecified atom stereocenters. The van der Waals surface area contributed by atoms with E-state index in [1.807, 2.05) is 36.1 Å². The predicted octanol–water partition coefficient (Wildman–Crippen LogP) is 2.17. The summed E-state index contributed by atoms with van der Waals surface area (Å²) >= 11 is 0. The number of aromatic nitrogens is 1. The molecule has 0 fully saturated rings. The van der Waals surface area contributed by atoms with Crippen LogP contribution in [0, 0.1) is 6.92 Å². The molecule has 0 spiro atoms. The topological polar surface area (TPSA) is 59.2 Å². The molecule has 1 aromatic heterocycles. The zero-order valence-corrected chi connectivity index (χ0v) is 11.5. The highest BCUT2D eigenvalue weighted by Crippen LogP contribution is 2.25. The summed E-state index contributed by atoms with van der Waals surface area (Å²) < 4.78 is 0. The van der Waals surface area contributed by atoms with Crippen molar-refractivity contribution in [2.24, 2.45) is 0 Å². The normalized spacial score (nSPS) is 13.9. The Bertz CT molecular complexity index is 667. The molecule has 0 bridgehead atoms. The molecule has 0 radical (unpaired) electrons. The van der Waals surface area contributed by atoms with Gasteiger partial charge in [0.2, 0.25) is 0 Å². The maximum atomic E-state index is 12.5. The Balaban J connectivity index is 1.87. The number of hydrogen-bond donors (Lipinski definition) is 1. The van der Waals surface area contributed by atoms with Gasteiger partial charge < -0.3 is 10.6 Å². The lowest BCUT2D eigenvalue weighted by Crippen LogP contribution is -2.36. The third-order valence-corrected chi connectivity index (χ3v) is 3.70. The number of aryl methyl sites for hydroxylation is 1. The van der Waals surface area contributed by atoms with Gasteiger partial charge in [0, 0.05) is 24.5 Å². The summed E-state index contributed by atoms with van der Waals surface area (Å²) in [5.41, 5.74) is 10.4. The Labute approximate surface area is 118 Å². The standard InChI is InChI=1S/C16H17N3O/c1-11-4-2-7-15(18-11)16(20)19-9-8-12-5-3-6-14(17)13(12)10-19/h2-7H,8-10,17H2,1H3. The van der Waals surface area contributed by atoms with Gasteiger partial charge in [0.25, 0.3) is 5.91 Å². The molecule has 1 aliphatic rings. The monoisotopic (exact) mass is 267 g/mol. The van der Waals surface area contributed by atoms with Crippen molar-refractivity contribution in [3.8, 4) is 0 Å². The third-order valence-electron chi connectivity index (χ3n) is 3.70. The second-order valence-corrected chi connectivity index (χ2v) is 5.13. The average molecular weight is 267 g/mol. The van der Waals surface area contributed by atoms with Crippen LogP contribution in [0.1, 0.15) is 27.3 Å². The van der Waals surface area contributed by atoms with Crippen LogP contribution in [0.25, 0.3) is 0 Å². The number of anilines is 1. The van der Waals surface area contributed by atoms with E-state index in [9.17, 15) is 4.79 Å². The minimum atomic E-state index is -0.0254. The van der Waals surface area contributed by atoms with Crippen LogP contribution in [-0.2, 0) is 13.0 Å².